The molecule has 0 amide bonds. The van der Waals surface area contributed by atoms with E-state index in [1.54, 1.807) is 0 Å². The summed E-state index contributed by atoms with van der Waals surface area (Å²) in [6.07, 6.45) is 10.6. The van der Waals surface area contributed by atoms with Gasteiger partial charge in [-0.15, -0.1) is 6.58 Å². The van der Waals surface area contributed by atoms with Gasteiger partial charge in [-0.25, -0.2) is 0 Å². The molecule has 1 heterocycles. The van der Waals surface area contributed by atoms with Gasteiger partial charge in [0, 0.05) is 0 Å². The van der Waals surface area contributed by atoms with Crippen LogP contribution in [0.4, 0.5) is 0 Å². The first-order valence-corrected chi connectivity index (χ1v) is 7.39. The standard InChI is InChI=1S/C8H16O.C8H16.6CH4/c1-3-4-5-7(2)8-6-9-8;1-4-6-7-8(3)5-2;;;;;;/h7-8H,3-6H2,1-2H3;5,8H,2,4,6-7H2,1,3H3;6*1H4. The molecular formula is C22H56O. The van der Waals surface area contributed by atoms with Gasteiger partial charge in [0.05, 0.1) is 12.7 Å². The Morgan fingerprint density at radius 3 is 1.61 bits per heavy atom. The number of allylic oxidation sites excluding steroid dienone is 1. The average molecular weight is 337 g/mol. The summed E-state index contributed by atoms with van der Waals surface area (Å²) in [6.45, 7) is 13.7. The highest BCUT2D eigenvalue weighted by atomic mass is 16.6. The molecule has 1 heteroatoms. The quantitative estimate of drug-likeness (QED) is 0.318. The van der Waals surface area contributed by atoms with Crippen molar-refractivity contribution in [3.63, 3.8) is 0 Å². The Kier molecular flexibility index (Phi) is 56.0. The van der Waals surface area contributed by atoms with Gasteiger partial charge < -0.3 is 4.74 Å². The van der Waals surface area contributed by atoms with Crippen LogP contribution in [0.15, 0.2) is 12.7 Å². The average Bonchev–Trinajstić information content (AvgIpc) is 3.17. The van der Waals surface area contributed by atoms with Crippen molar-refractivity contribution >= 4 is 0 Å². The molecule has 1 aliphatic heterocycles. The molecule has 1 fully saturated rings. The SMILES string of the molecule is C.C.C.C.C.C.C=CC(C)CCCC.CCCCC(C)C1CO1. The first-order valence-electron chi connectivity index (χ1n) is 7.39. The lowest BCUT2D eigenvalue weighted by Gasteiger charge is -2.04. The second-order valence-corrected chi connectivity index (χ2v) is 5.35. The van der Waals surface area contributed by atoms with Gasteiger partial charge in [0.2, 0.25) is 0 Å². The number of hydrogen-bond acceptors (Lipinski definition) is 1. The molecule has 0 saturated carbocycles. The highest BCUT2D eigenvalue weighted by molar-refractivity contribution is 4.75. The Balaban J connectivity index is -0.0000000355. The van der Waals surface area contributed by atoms with Gasteiger partial charge in [-0.3, -0.25) is 0 Å². The smallest absolute Gasteiger partial charge is 0.0835 e. The maximum absolute atomic E-state index is 5.17. The van der Waals surface area contributed by atoms with Crippen LogP contribution in [0.5, 0.6) is 0 Å². The first kappa shape index (κ1) is 43.4. The Bertz CT molecular complexity index is 173. The van der Waals surface area contributed by atoms with E-state index in [-0.39, 0.29) is 44.6 Å². The number of unbranched alkanes of at least 4 members (excludes halogenated alkanes) is 2. The summed E-state index contributed by atoms with van der Waals surface area (Å²) >= 11 is 0. The molecule has 23 heavy (non-hydrogen) atoms. The number of hydrogen-bond donors (Lipinski definition) is 0. The van der Waals surface area contributed by atoms with E-state index in [2.05, 4.69) is 34.3 Å². The van der Waals surface area contributed by atoms with Crippen LogP contribution in [0.25, 0.3) is 0 Å². The molecule has 3 atom stereocenters. The zero-order chi connectivity index (χ0) is 13.1. The molecule has 0 aromatic carbocycles. The zero-order valence-corrected chi connectivity index (χ0v) is 12.4. The second-order valence-electron chi connectivity index (χ2n) is 5.35. The summed E-state index contributed by atoms with van der Waals surface area (Å²) in [4.78, 5) is 0. The molecule has 0 aromatic rings. The highest BCUT2D eigenvalue weighted by Crippen LogP contribution is 2.23. The number of ether oxygens (including phenoxy) is 1. The molecule has 0 N–H and O–H groups in total. The number of rotatable bonds is 8. The Morgan fingerprint density at radius 2 is 1.30 bits per heavy atom. The predicted octanol–water partition coefficient (Wildman–Crippen LogP) is 9.03. The predicted molar refractivity (Wildman–Crippen MR) is 118 cm³/mol. The Morgan fingerprint density at radius 1 is 0.913 bits per heavy atom. The fraction of sp³-hybridized carbons (Fsp3) is 0.909. The van der Waals surface area contributed by atoms with Crippen LogP contribution in [0.3, 0.4) is 0 Å². The molecule has 0 radical (unpaired) electrons. The van der Waals surface area contributed by atoms with Crippen LogP contribution in [-0.2, 0) is 4.74 Å². The zero-order valence-electron chi connectivity index (χ0n) is 12.4. The molecule has 1 saturated heterocycles. The molecular weight excluding hydrogens is 280 g/mol. The Labute approximate surface area is 153 Å². The molecule has 1 rings (SSSR count). The topological polar surface area (TPSA) is 12.5 Å². The van der Waals surface area contributed by atoms with E-state index in [0.717, 1.165) is 18.4 Å². The molecule has 1 nitrogen and oxygen atoms in total. The molecule has 150 valence electrons. The van der Waals surface area contributed by atoms with Crippen LogP contribution in [0.1, 0.15) is 111 Å². The third-order valence-electron chi connectivity index (χ3n) is 3.42. The summed E-state index contributed by atoms with van der Waals surface area (Å²) in [6, 6.07) is 0. The minimum atomic E-state index is 0. The summed E-state index contributed by atoms with van der Waals surface area (Å²) in [7, 11) is 0. The van der Waals surface area contributed by atoms with E-state index in [0.29, 0.717) is 6.10 Å². The van der Waals surface area contributed by atoms with Crippen molar-refractivity contribution in [2.75, 3.05) is 6.61 Å². The van der Waals surface area contributed by atoms with Gasteiger partial charge in [-0.2, -0.15) is 0 Å². The largest absolute Gasteiger partial charge is 0.373 e. The molecule has 0 bridgehead atoms. The maximum Gasteiger partial charge on any atom is 0.0835 e. The van der Waals surface area contributed by atoms with Crippen LogP contribution in [0, 0.1) is 11.8 Å². The normalized spacial score (nSPS) is 15.6. The van der Waals surface area contributed by atoms with Crippen molar-refractivity contribution in [2.24, 2.45) is 11.8 Å². The van der Waals surface area contributed by atoms with Gasteiger partial charge in [0.25, 0.3) is 0 Å². The molecule has 3 unspecified atom stereocenters. The maximum atomic E-state index is 5.17. The first-order chi connectivity index (χ1) is 8.15. The van der Waals surface area contributed by atoms with Gasteiger partial charge in [-0.1, -0.05) is 104 Å². The van der Waals surface area contributed by atoms with Crippen molar-refractivity contribution in [1.29, 1.82) is 0 Å². The summed E-state index contributed by atoms with van der Waals surface area (Å²) in [5.74, 6) is 1.53. The van der Waals surface area contributed by atoms with Crippen molar-refractivity contribution in [1.82, 2.24) is 0 Å². The highest BCUT2D eigenvalue weighted by Gasteiger charge is 2.28. The number of epoxide rings is 1. The molecule has 1 aliphatic rings. The summed E-state index contributed by atoms with van der Waals surface area (Å²) in [5.41, 5.74) is 0. The van der Waals surface area contributed by atoms with E-state index in [9.17, 15) is 0 Å². The van der Waals surface area contributed by atoms with Crippen LogP contribution < -0.4 is 0 Å². The lowest BCUT2D eigenvalue weighted by atomic mass is 10.0. The van der Waals surface area contributed by atoms with E-state index in [1.807, 2.05) is 6.08 Å². The van der Waals surface area contributed by atoms with Crippen molar-refractivity contribution in [3.05, 3.63) is 12.7 Å². The summed E-state index contributed by atoms with van der Waals surface area (Å²) < 4.78 is 5.17. The van der Waals surface area contributed by atoms with Gasteiger partial charge >= 0.3 is 0 Å². The Hall–Kier alpha value is -0.300. The van der Waals surface area contributed by atoms with Gasteiger partial charge in [0.1, 0.15) is 0 Å². The molecule has 0 aliphatic carbocycles. The minimum Gasteiger partial charge on any atom is -0.373 e. The van der Waals surface area contributed by atoms with E-state index >= 15 is 0 Å². The van der Waals surface area contributed by atoms with E-state index in [4.69, 9.17) is 4.74 Å². The van der Waals surface area contributed by atoms with Crippen molar-refractivity contribution < 1.29 is 4.74 Å². The van der Waals surface area contributed by atoms with Crippen LogP contribution >= 0.6 is 0 Å². The molecule has 0 spiro atoms. The van der Waals surface area contributed by atoms with E-state index < -0.39 is 0 Å². The van der Waals surface area contributed by atoms with Crippen LogP contribution in [-0.4, -0.2) is 12.7 Å². The molecule has 0 aromatic heterocycles. The fourth-order valence-electron chi connectivity index (χ4n) is 1.74. The van der Waals surface area contributed by atoms with Crippen LogP contribution in [0.2, 0.25) is 0 Å². The van der Waals surface area contributed by atoms with Crippen molar-refractivity contribution in [2.45, 2.75) is 117 Å². The second kappa shape index (κ2) is 29.7. The fourth-order valence-corrected chi connectivity index (χ4v) is 1.74. The van der Waals surface area contributed by atoms with E-state index in [1.165, 1.54) is 38.5 Å². The van der Waals surface area contributed by atoms with Gasteiger partial charge in [0.15, 0.2) is 0 Å². The lowest BCUT2D eigenvalue weighted by molar-refractivity contribution is 0.326. The third-order valence-corrected chi connectivity index (χ3v) is 3.42. The summed E-state index contributed by atoms with van der Waals surface area (Å²) in [5, 5.41) is 0. The lowest BCUT2D eigenvalue weighted by Crippen LogP contribution is -2.02. The van der Waals surface area contributed by atoms with Gasteiger partial charge in [-0.05, 0) is 24.7 Å². The third kappa shape index (κ3) is 30.2. The monoisotopic (exact) mass is 336 g/mol. The van der Waals surface area contributed by atoms with Crippen molar-refractivity contribution in [3.8, 4) is 0 Å². The minimum absolute atomic E-state index is 0.